The van der Waals surface area contributed by atoms with Crippen LogP contribution in [0.4, 0.5) is 5.69 Å². The first kappa shape index (κ1) is 15.6. The molecular formula is C12H14Cl2N2O3S. The molecule has 0 unspecified atom stereocenters. The number of benzene rings is 1. The van der Waals surface area contributed by atoms with Crippen LogP contribution in [0.15, 0.2) is 29.2 Å². The van der Waals surface area contributed by atoms with Gasteiger partial charge in [0.15, 0.2) is 0 Å². The third kappa shape index (κ3) is 3.09. The molecule has 1 amide bonds. The molecule has 8 heteroatoms. The lowest BCUT2D eigenvalue weighted by atomic mass is 10.3. The van der Waals surface area contributed by atoms with Crippen LogP contribution in [0.25, 0.3) is 0 Å². The second-order valence-electron chi connectivity index (χ2n) is 4.82. The summed E-state index contributed by atoms with van der Waals surface area (Å²) >= 11 is 11.6. The van der Waals surface area contributed by atoms with Crippen molar-refractivity contribution >= 4 is 44.8 Å². The van der Waals surface area contributed by atoms with Crippen LogP contribution in [0, 0.1) is 5.92 Å². The summed E-state index contributed by atoms with van der Waals surface area (Å²) in [7, 11) is -0.644. The van der Waals surface area contributed by atoms with Gasteiger partial charge in [0.2, 0.25) is 15.9 Å². The Balaban J connectivity index is 2.17. The largest absolute Gasteiger partial charge is 0.326 e. The Morgan fingerprint density at radius 3 is 2.50 bits per heavy atom. The molecule has 0 aromatic heterocycles. The molecule has 1 atom stereocenters. The first-order valence-electron chi connectivity index (χ1n) is 5.86. The summed E-state index contributed by atoms with van der Waals surface area (Å²) in [5.74, 6) is -0.769. The highest BCUT2D eigenvalue weighted by molar-refractivity contribution is 7.89. The minimum absolute atomic E-state index is 0.110. The summed E-state index contributed by atoms with van der Waals surface area (Å²) in [6, 6.07) is 6.04. The van der Waals surface area contributed by atoms with Gasteiger partial charge in [0.1, 0.15) is 4.33 Å². The van der Waals surface area contributed by atoms with Crippen molar-refractivity contribution in [3.63, 3.8) is 0 Å². The molecule has 1 aromatic rings. The van der Waals surface area contributed by atoms with Crippen LogP contribution in [0.5, 0.6) is 0 Å². The Morgan fingerprint density at radius 2 is 2.00 bits per heavy atom. The van der Waals surface area contributed by atoms with Gasteiger partial charge in [0.05, 0.1) is 10.8 Å². The zero-order valence-corrected chi connectivity index (χ0v) is 13.3. The average molecular weight is 337 g/mol. The maximum Gasteiger partial charge on any atom is 0.242 e. The number of halogens is 2. The molecule has 5 nitrogen and oxygen atoms in total. The van der Waals surface area contributed by atoms with Crippen molar-refractivity contribution in [3.05, 3.63) is 24.3 Å². The summed E-state index contributed by atoms with van der Waals surface area (Å²) in [5.41, 5.74) is 0.397. The smallest absolute Gasteiger partial charge is 0.242 e. The Hall–Kier alpha value is -0.820. The van der Waals surface area contributed by atoms with E-state index in [1.54, 1.807) is 12.1 Å². The fraction of sp³-hybridized carbons (Fsp3) is 0.417. The molecule has 0 radical (unpaired) electrons. The molecule has 1 saturated carbocycles. The zero-order valence-electron chi connectivity index (χ0n) is 10.9. The highest BCUT2D eigenvalue weighted by atomic mass is 35.5. The normalized spacial score (nSPS) is 20.8. The van der Waals surface area contributed by atoms with Crippen molar-refractivity contribution in [2.45, 2.75) is 15.6 Å². The number of carbonyl (C=O) groups excluding carboxylic acids is 1. The molecule has 1 fully saturated rings. The van der Waals surface area contributed by atoms with Gasteiger partial charge in [-0.1, -0.05) is 6.07 Å². The molecule has 0 bridgehead atoms. The van der Waals surface area contributed by atoms with Gasteiger partial charge in [-0.05, 0) is 24.6 Å². The van der Waals surface area contributed by atoms with E-state index >= 15 is 0 Å². The Labute approximate surface area is 127 Å². The van der Waals surface area contributed by atoms with Crippen molar-refractivity contribution in [3.8, 4) is 0 Å². The SMILES string of the molecule is CN(C)S(=O)(=O)c1cccc(NC(=O)[C@H]2CC2(Cl)Cl)c1. The highest BCUT2D eigenvalue weighted by Gasteiger charge is 2.56. The lowest BCUT2D eigenvalue weighted by Crippen LogP contribution is -2.22. The molecule has 1 aliphatic carbocycles. The minimum Gasteiger partial charge on any atom is -0.326 e. The first-order chi connectivity index (χ1) is 9.14. The number of alkyl halides is 2. The fourth-order valence-electron chi connectivity index (χ4n) is 1.67. The predicted octanol–water partition coefficient (Wildman–Crippen LogP) is 2.07. The Morgan fingerprint density at radius 1 is 1.40 bits per heavy atom. The first-order valence-corrected chi connectivity index (χ1v) is 8.05. The summed E-state index contributed by atoms with van der Waals surface area (Å²) in [4.78, 5) is 12.0. The van der Waals surface area contributed by atoms with Crippen molar-refractivity contribution in [2.75, 3.05) is 19.4 Å². The lowest BCUT2D eigenvalue weighted by molar-refractivity contribution is -0.117. The monoisotopic (exact) mass is 336 g/mol. The van der Waals surface area contributed by atoms with Gasteiger partial charge < -0.3 is 5.32 Å². The minimum atomic E-state index is -3.53. The van der Waals surface area contributed by atoms with E-state index in [9.17, 15) is 13.2 Å². The van der Waals surface area contributed by atoms with E-state index in [2.05, 4.69) is 5.32 Å². The van der Waals surface area contributed by atoms with Gasteiger partial charge in [-0.2, -0.15) is 0 Å². The van der Waals surface area contributed by atoms with E-state index in [0.717, 1.165) is 4.31 Å². The highest BCUT2D eigenvalue weighted by Crippen LogP contribution is 2.53. The van der Waals surface area contributed by atoms with Crippen LogP contribution >= 0.6 is 23.2 Å². The van der Waals surface area contributed by atoms with Crippen LogP contribution in [0.3, 0.4) is 0 Å². The van der Waals surface area contributed by atoms with E-state index in [4.69, 9.17) is 23.2 Å². The van der Waals surface area contributed by atoms with Crippen LogP contribution in [-0.4, -0.2) is 37.1 Å². The molecule has 110 valence electrons. The van der Waals surface area contributed by atoms with Gasteiger partial charge in [0, 0.05) is 19.8 Å². The topological polar surface area (TPSA) is 66.5 Å². The summed E-state index contributed by atoms with van der Waals surface area (Å²) < 4.78 is 24.1. The predicted molar refractivity (Wildman–Crippen MR) is 78.5 cm³/mol. The van der Waals surface area contributed by atoms with E-state index in [1.807, 2.05) is 0 Å². The molecule has 2 rings (SSSR count). The maximum absolute atomic E-state index is 12.0. The molecule has 1 aliphatic rings. The van der Waals surface area contributed by atoms with Gasteiger partial charge in [-0.25, -0.2) is 12.7 Å². The second kappa shape index (κ2) is 5.18. The van der Waals surface area contributed by atoms with E-state index in [-0.39, 0.29) is 10.8 Å². The molecule has 0 aliphatic heterocycles. The van der Waals surface area contributed by atoms with Crippen LogP contribution in [-0.2, 0) is 14.8 Å². The number of sulfonamides is 1. The van der Waals surface area contributed by atoms with E-state index < -0.39 is 20.3 Å². The van der Waals surface area contributed by atoms with Crippen molar-refractivity contribution in [1.29, 1.82) is 0 Å². The van der Waals surface area contributed by atoms with Gasteiger partial charge >= 0.3 is 0 Å². The van der Waals surface area contributed by atoms with Crippen LogP contribution in [0.1, 0.15) is 6.42 Å². The summed E-state index contributed by atoms with van der Waals surface area (Å²) in [5, 5.41) is 2.62. The third-order valence-corrected chi connectivity index (χ3v) is 5.67. The van der Waals surface area contributed by atoms with Gasteiger partial charge in [0.25, 0.3) is 0 Å². The van der Waals surface area contributed by atoms with Crippen molar-refractivity contribution in [2.24, 2.45) is 5.92 Å². The molecule has 0 heterocycles. The average Bonchev–Trinajstić information content (AvgIpc) is 2.99. The number of rotatable bonds is 4. The fourth-order valence-corrected chi connectivity index (χ4v) is 3.13. The Bertz CT molecular complexity index is 644. The number of carbonyl (C=O) groups is 1. The van der Waals surface area contributed by atoms with Crippen molar-refractivity contribution in [1.82, 2.24) is 4.31 Å². The maximum atomic E-state index is 12.0. The van der Waals surface area contributed by atoms with Crippen LogP contribution < -0.4 is 5.32 Å². The summed E-state index contributed by atoms with van der Waals surface area (Å²) in [6.07, 6.45) is 0.400. The Kier molecular flexibility index (Phi) is 4.03. The molecular weight excluding hydrogens is 323 g/mol. The molecule has 0 spiro atoms. The van der Waals surface area contributed by atoms with E-state index in [1.165, 1.54) is 26.2 Å². The molecule has 0 saturated heterocycles. The molecule has 1 N–H and O–H groups in total. The lowest BCUT2D eigenvalue weighted by Gasteiger charge is -2.12. The molecule has 1 aromatic carbocycles. The number of nitrogens with one attached hydrogen (secondary N) is 1. The van der Waals surface area contributed by atoms with E-state index in [0.29, 0.717) is 12.1 Å². The number of hydrogen-bond acceptors (Lipinski definition) is 3. The number of hydrogen-bond donors (Lipinski definition) is 1. The van der Waals surface area contributed by atoms with Gasteiger partial charge in [-0.3, -0.25) is 4.79 Å². The number of amides is 1. The molecule has 20 heavy (non-hydrogen) atoms. The zero-order chi connectivity index (χ0) is 15.1. The van der Waals surface area contributed by atoms with Crippen molar-refractivity contribution < 1.29 is 13.2 Å². The standard InChI is InChI=1S/C12H14Cl2N2O3S/c1-16(2)20(18,19)9-5-3-4-8(6-9)15-11(17)10-7-12(10,13)14/h3-6,10H,7H2,1-2H3,(H,15,17)/t10-/m1/s1. The number of nitrogens with zero attached hydrogens (tertiary/aromatic N) is 1. The third-order valence-electron chi connectivity index (χ3n) is 3.02. The second-order valence-corrected chi connectivity index (χ2v) is 8.52. The van der Waals surface area contributed by atoms with Crippen LogP contribution in [0.2, 0.25) is 0 Å². The van der Waals surface area contributed by atoms with Gasteiger partial charge in [-0.15, -0.1) is 23.2 Å². The summed E-state index contributed by atoms with van der Waals surface area (Å²) in [6.45, 7) is 0. The quantitative estimate of drug-likeness (QED) is 0.856. The number of anilines is 1.